The topological polar surface area (TPSA) is 150 Å². The second-order valence-corrected chi connectivity index (χ2v) is 14.9. The van der Waals surface area contributed by atoms with E-state index in [2.05, 4.69) is 20.6 Å². The monoisotopic (exact) mass is 638 g/mol. The van der Waals surface area contributed by atoms with Gasteiger partial charge in [-0.2, -0.15) is 5.10 Å². The Morgan fingerprint density at radius 1 is 1.09 bits per heavy atom. The Morgan fingerprint density at radius 2 is 1.78 bits per heavy atom. The van der Waals surface area contributed by atoms with Crippen LogP contribution in [0.5, 0.6) is 0 Å². The van der Waals surface area contributed by atoms with Crippen molar-refractivity contribution in [2.24, 2.45) is 7.05 Å². The van der Waals surface area contributed by atoms with Crippen molar-refractivity contribution < 1.29 is 31.6 Å². The van der Waals surface area contributed by atoms with Crippen molar-refractivity contribution in [1.29, 1.82) is 0 Å². The number of nitrogens with one attached hydrogen (secondary N) is 1. The summed E-state index contributed by atoms with van der Waals surface area (Å²) < 4.78 is 55.6. The molecule has 4 aromatic rings. The van der Waals surface area contributed by atoms with E-state index in [9.17, 15) is 18.0 Å². The lowest BCUT2D eigenvalue weighted by Crippen LogP contribution is -2.51. The Kier molecular flexibility index (Phi) is 8.06. The number of rotatable bonds is 5. The highest BCUT2D eigenvalue weighted by Crippen LogP contribution is 2.38. The largest absolute Gasteiger partial charge is 0.444 e. The van der Waals surface area contributed by atoms with Gasteiger partial charge in [-0.05, 0) is 44.5 Å². The smallest absolute Gasteiger partial charge is 0.408 e. The molecule has 0 bridgehead atoms. The molecule has 1 atom stereocenters. The third kappa shape index (κ3) is 6.90. The van der Waals surface area contributed by atoms with Crippen LogP contribution in [0.15, 0.2) is 58.0 Å². The maximum Gasteiger partial charge on any atom is 0.408 e. The third-order valence-corrected chi connectivity index (χ3v) is 8.69. The molecular formula is C31H35FN6O6S. The molecule has 238 valence electrons. The van der Waals surface area contributed by atoms with Crippen LogP contribution in [0.1, 0.15) is 53.0 Å². The number of aromatic nitrogens is 4. The molecule has 0 saturated heterocycles. The average molecular weight is 639 g/mol. The normalized spacial score (nSPS) is 16.7. The first kappa shape index (κ1) is 31.8. The van der Waals surface area contributed by atoms with E-state index in [0.717, 1.165) is 17.3 Å². The van der Waals surface area contributed by atoms with Gasteiger partial charge in [0.15, 0.2) is 9.84 Å². The summed E-state index contributed by atoms with van der Waals surface area (Å²) in [6.07, 6.45) is 0.855. The molecule has 3 heterocycles. The molecule has 0 saturated carbocycles. The number of ether oxygens (including phenoxy) is 1. The van der Waals surface area contributed by atoms with Crippen LogP contribution in [0, 0.1) is 5.82 Å². The number of fused-ring (bicyclic) bond motifs is 1. The number of alkyl carbamates (subject to hydrolysis) is 1. The number of hydrogen-bond acceptors (Lipinski definition) is 9. The molecule has 0 radical (unpaired) electrons. The van der Waals surface area contributed by atoms with E-state index >= 15 is 4.39 Å². The van der Waals surface area contributed by atoms with Gasteiger partial charge in [0.1, 0.15) is 17.5 Å². The molecule has 0 spiro atoms. The number of anilines is 1. The fourth-order valence-corrected chi connectivity index (χ4v) is 6.35. The zero-order chi connectivity index (χ0) is 32.9. The van der Waals surface area contributed by atoms with Crippen LogP contribution in [0.2, 0.25) is 0 Å². The first-order chi connectivity index (χ1) is 20.9. The third-order valence-electron chi connectivity index (χ3n) is 6.92. The molecule has 12 nitrogen and oxygen atoms in total. The Morgan fingerprint density at radius 3 is 2.36 bits per heavy atom. The number of amides is 2. The van der Waals surface area contributed by atoms with Gasteiger partial charge in [0.2, 0.25) is 5.89 Å². The molecule has 1 N–H and O–H groups in total. The number of benzene rings is 2. The molecule has 45 heavy (non-hydrogen) atoms. The summed E-state index contributed by atoms with van der Waals surface area (Å²) in [6, 6.07) is 9.63. The predicted molar refractivity (Wildman–Crippen MR) is 163 cm³/mol. The van der Waals surface area contributed by atoms with Crippen molar-refractivity contribution in [3.8, 4) is 22.7 Å². The summed E-state index contributed by atoms with van der Waals surface area (Å²) in [5, 5.41) is 14.8. The van der Waals surface area contributed by atoms with Gasteiger partial charge in [0.25, 0.3) is 11.8 Å². The molecule has 1 aliphatic heterocycles. The number of carbonyl (C=O) groups is 2. The Labute approximate surface area is 260 Å². The molecular weight excluding hydrogens is 603 g/mol. The van der Waals surface area contributed by atoms with Crippen LogP contribution < -0.4 is 10.2 Å². The van der Waals surface area contributed by atoms with E-state index < -0.39 is 55.4 Å². The molecule has 0 fully saturated rings. The lowest BCUT2D eigenvalue weighted by atomic mass is 9.97. The molecule has 1 aliphatic rings. The predicted octanol–water partition coefficient (Wildman–Crippen LogP) is 4.79. The Balaban J connectivity index is 1.60. The molecule has 2 aromatic heterocycles. The summed E-state index contributed by atoms with van der Waals surface area (Å²) in [5.41, 5.74) is 0.543. The van der Waals surface area contributed by atoms with E-state index in [1.165, 1.54) is 11.0 Å². The van der Waals surface area contributed by atoms with Crippen LogP contribution in [0.4, 0.5) is 14.9 Å². The van der Waals surface area contributed by atoms with Crippen molar-refractivity contribution in [3.05, 3.63) is 65.9 Å². The lowest BCUT2D eigenvalue weighted by Gasteiger charge is -2.27. The highest BCUT2D eigenvalue weighted by Gasteiger charge is 2.40. The maximum absolute atomic E-state index is 15.6. The van der Waals surface area contributed by atoms with Gasteiger partial charge in [-0.1, -0.05) is 45.0 Å². The van der Waals surface area contributed by atoms with Crippen LogP contribution in [-0.4, -0.2) is 57.8 Å². The maximum atomic E-state index is 15.6. The molecule has 14 heteroatoms. The summed E-state index contributed by atoms with van der Waals surface area (Å²) in [5.74, 6) is -2.37. The van der Waals surface area contributed by atoms with Gasteiger partial charge >= 0.3 is 6.09 Å². The van der Waals surface area contributed by atoms with Gasteiger partial charge < -0.3 is 19.4 Å². The Bertz CT molecular complexity index is 1870. The molecule has 0 aliphatic carbocycles. The second kappa shape index (κ2) is 11.4. The first-order valence-electron chi connectivity index (χ1n) is 14.2. The van der Waals surface area contributed by atoms with Gasteiger partial charge in [-0.25, -0.2) is 17.6 Å². The van der Waals surface area contributed by atoms with E-state index in [1.54, 1.807) is 37.6 Å². The van der Waals surface area contributed by atoms with Crippen molar-refractivity contribution in [2.45, 2.75) is 70.0 Å². The van der Waals surface area contributed by atoms with E-state index in [4.69, 9.17) is 9.15 Å². The van der Waals surface area contributed by atoms with Crippen molar-refractivity contribution in [2.75, 3.05) is 10.7 Å². The van der Waals surface area contributed by atoms with Crippen LogP contribution in [0.3, 0.4) is 0 Å². The van der Waals surface area contributed by atoms with Gasteiger partial charge in [0.05, 0.1) is 34.1 Å². The summed E-state index contributed by atoms with van der Waals surface area (Å²) in [7, 11) is -2.49. The van der Waals surface area contributed by atoms with Gasteiger partial charge in [-0.3, -0.25) is 9.48 Å². The van der Waals surface area contributed by atoms with Crippen LogP contribution in [0.25, 0.3) is 22.7 Å². The van der Waals surface area contributed by atoms with Crippen LogP contribution in [-0.2, 0) is 38.4 Å². The second-order valence-electron chi connectivity index (χ2n) is 12.9. The van der Waals surface area contributed by atoms with E-state index in [0.29, 0.717) is 5.56 Å². The number of hydrogen-bond donors (Lipinski definition) is 1. The minimum absolute atomic E-state index is 0.0887. The summed E-state index contributed by atoms with van der Waals surface area (Å²) in [6.45, 7) is 10.4. The number of nitrogens with zero attached hydrogens (tertiary/aromatic N) is 5. The number of aryl methyl sites for hydroxylation is 1. The zero-order valence-electron chi connectivity index (χ0n) is 26.1. The molecule has 2 aromatic carbocycles. The van der Waals surface area contributed by atoms with Crippen molar-refractivity contribution in [3.63, 3.8) is 0 Å². The van der Waals surface area contributed by atoms with Gasteiger partial charge in [-0.15, -0.1) is 10.2 Å². The fourth-order valence-electron chi connectivity index (χ4n) is 4.74. The van der Waals surface area contributed by atoms with Crippen LogP contribution >= 0.6 is 0 Å². The standard InChI is InChI=1S/C31H35FN6O6S/c1-30(2,3)28-35-34-26(43-28)20-14-24-25(15-21(20)32)45(41,42)17-23(33-29(40)44-31(4,5)6)27(39)38(24)16-18-8-10-19(11-9-18)22-12-13-37(7)36-22/h8-15,23H,16-17H2,1-7H3,(H,33,40)/t23-/m0/s1. The lowest BCUT2D eigenvalue weighted by molar-refractivity contribution is -0.120. The Hall–Kier alpha value is -4.59. The first-order valence-corrected chi connectivity index (χ1v) is 15.9. The summed E-state index contributed by atoms with van der Waals surface area (Å²) in [4.78, 5) is 27.6. The fraction of sp³-hybridized carbons (Fsp3) is 0.387. The number of sulfone groups is 1. The van der Waals surface area contributed by atoms with E-state index in [-0.39, 0.29) is 29.6 Å². The SMILES string of the molecule is Cn1ccc(-c2ccc(CN3C(=O)[C@@H](NC(=O)OC(C)(C)C)CS(=O)(=O)c4cc(F)c(-c5nnc(C(C)(C)C)o5)cc43)cc2)n1. The number of halogens is 1. The van der Waals surface area contributed by atoms with E-state index in [1.807, 2.05) is 52.2 Å². The molecule has 0 unspecified atom stereocenters. The minimum atomic E-state index is -4.31. The zero-order valence-corrected chi connectivity index (χ0v) is 26.9. The molecule has 5 rings (SSSR count). The highest BCUT2D eigenvalue weighted by molar-refractivity contribution is 7.91. The average Bonchev–Trinajstić information content (AvgIpc) is 3.58. The number of carbonyl (C=O) groups excluding carboxylic acids is 2. The van der Waals surface area contributed by atoms with Crippen molar-refractivity contribution in [1.82, 2.24) is 25.3 Å². The van der Waals surface area contributed by atoms with Crippen molar-refractivity contribution >= 4 is 27.5 Å². The quantitative estimate of drug-likeness (QED) is 0.326. The molecule has 2 amide bonds. The summed E-state index contributed by atoms with van der Waals surface area (Å²) >= 11 is 0. The highest BCUT2D eigenvalue weighted by atomic mass is 32.2. The van der Waals surface area contributed by atoms with Gasteiger partial charge in [0, 0.05) is 24.2 Å². The minimum Gasteiger partial charge on any atom is -0.444 e.